The Bertz CT molecular complexity index is 569. The van der Waals surface area contributed by atoms with Gasteiger partial charge in [-0.1, -0.05) is 28.9 Å². The van der Waals surface area contributed by atoms with Crippen molar-refractivity contribution in [1.82, 2.24) is 10.3 Å². The molecule has 106 valence electrons. The number of pyridine rings is 1. The van der Waals surface area contributed by atoms with E-state index in [0.29, 0.717) is 10.3 Å². The fourth-order valence-corrected chi connectivity index (χ4v) is 2.59. The molecule has 0 amide bonds. The summed E-state index contributed by atoms with van der Waals surface area (Å²) in [4.78, 5) is 4.11. The van der Waals surface area contributed by atoms with E-state index in [9.17, 15) is 4.39 Å². The number of anilines is 1. The Labute approximate surface area is 126 Å². The summed E-state index contributed by atoms with van der Waals surface area (Å²) in [5.74, 6) is 0.182. The zero-order valence-electron chi connectivity index (χ0n) is 11.2. The first-order chi connectivity index (χ1) is 9.61. The van der Waals surface area contributed by atoms with Crippen LogP contribution in [0.1, 0.15) is 30.5 Å². The number of rotatable bonds is 5. The topological polar surface area (TPSA) is 50.9 Å². The van der Waals surface area contributed by atoms with Crippen molar-refractivity contribution >= 4 is 21.7 Å². The third-order valence-electron chi connectivity index (χ3n) is 3.00. The van der Waals surface area contributed by atoms with Gasteiger partial charge >= 0.3 is 0 Å². The Morgan fingerprint density at radius 3 is 2.85 bits per heavy atom. The van der Waals surface area contributed by atoms with Crippen LogP contribution in [-0.2, 0) is 0 Å². The Hall–Kier alpha value is -1.46. The van der Waals surface area contributed by atoms with Crippen molar-refractivity contribution in [3.63, 3.8) is 0 Å². The number of benzene rings is 1. The molecule has 3 N–H and O–H groups in total. The molecule has 0 aliphatic carbocycles. The van der Waals surface area contributed by atoms with Crippen molar-refractivity contribution in [2.24, 2.45) is 0 Å². The van der Waals surface area contributed by atoms with Gasteiger partial charge in [0.05, 0.1) is 6.04 Å². The van der Waals surface area contributed by atoms with Gasteiger partial charge in [-0.3, -0.25) is 0 Å². The molecule has 0 saturated heterocycles. The van der Waals surface area contributed by atoms with Crippen LogP contribution in [0, 0.1) is 5.82 Å². The van der Waals surface area contributed by atoms with Gasteiger partial charge in [0.15, 0.2) is 0 Å². The van der Waals surface area contributed by atoms with Gasteiger partial charge in [0.1, 0.15) is 11.6 Å². The van der Waals surface area contributed by atoms with Gasteiger partial charge in [0.25, 0.3) is 0 Å². The number of hydrogen-bond acceptors (Lipinski definition) is 3. The maximum Gasteiger partial charge on any atom is 0.128 e. The van der Waals surface area contributed by atoms with E-state index in [1.54, 1.807) is 6.20 Å². The normalized spacial score (nSPS) is 12.3. The molecule has 0 fully saturated rings. The van der Waals surface area contributed by atoms with E-state index in [4.69, 9.17) is 5.73 Å². The lowest BCUT2D eigenvalue weighted by molar-refractivity contribution is 0.585. The predicted molar refractivity (Wildman–Crippen MR) is 82.9 cm³/mol. The maximum atomic E-state index is 13.6. The van der Waals surface area contributed by atoms with Crippen molar-refractivity contribution in [1.29, 1.82) is 0 Å². The molecule has 2 aromatic rings. The maximum absolute atomic E-state index is 13.6. The van der Waals surface area contributed by atoms with Gasteiger partial charge in [-0.15, -0.1) is 0 Å². The Balaban J connectivity index is 2.44. The summed E-state index contributed by atoms with van der Waals surface area (Å²) in [6.07, 6.45) is 2.63. The van der Waals surface area contributed by atoms with E-state index >= 15 is 0 Å². The fourth-order valence-electron chi connectivity index (χ4n) is 2.11. The number of nitrogens with one attached hydrogen (secondary N) is 1. The van der Waals surface area contributed by atoms with E-state index in [1.165, 1.54) is 12.1 Å². The number of nitrogens with zero attached hydrogens (tertiary/aromatic N) is 1. The van der Waals surface area contributed by atoms with Gasteiger partial charge in [-0.2, -0.15) is 0 Å². The molecular weight excluding hydrogens is 321 g/mol. The van der Waals surface area contributed by atoms with Crippen molar-refractivity contribution < 1.29 is 4.39 Å². The molecular formula is C15H17BrFN3. The molecule has 1 aromatic heterocycles. The number of halogens is 2. The predicted octanol–water partition coefficient (Wildman–Crippen LogP) is 3.65. The minimum absolute atomic E-state index is 0.171. The van der Waals surface area contributed by atoms with Crippen LogP contribution in [0.3, 0.4) is 0 Å². The van der Waals surface area contributed by atoms with Crippen molar-refractivity contribution in [3.05, 3.63) is 57.9 Å². The zero-order chi connectivity index (χ0) is 14.5. The zero-order valence-corrected chi connectivity index (χ0v) is 12.8. The van der Waals surface area contributed by atoms with E-state index in [2.05, 4.69) is 33.2 Å². The number of nitrogen functional groups attached to an aromatic ring is 1. The third-order valence-corrected chi connectivity index (χ3v) is 3.46. The molecule has 1 heterocycles. The van der Waals surface area contributed by atoms with Crippen LogP contribution in [0.5, 0.6) is 0 Å². The molecule has 0 bridgehead atoms. The highest BCUT2D eigenvalue weighted by Crippen LogP contribution is 2.28. The Morgan fingerprint density at radius 2 is 2.20 bits per heavy atom. The minimum Gasteiger partial charge on any atom is -0.383 e. The fraction of sp³-hybridized carbons (Fsp3) is 0.267. The highest BCUT2D eigenvalue weighted by Gasteiger charge is 2.17. The van der Waals surface area contributed by atoms with E-state index < -0.39 is 0 Å². The molecule has 2 rings (SSSR count). The number of nitrogens with two attached hydrogens (primary N) is 1. The highest BCUT2D eigenvalue weighted by molar-refractivity contribution is 9.10. The van der Waals surface area contributed by atoms with Crippen molar-refractivity contribution in [3.8, 4) is 0 Å². The van der Waals surface area contributed by atoms with Crippen LogP contribution >= 0.6 is 15.9 Å². The van der Waals surface area contributed by atoms with Gasteiger partial charge in [0.2, 0.25) is 0 Å². The smallest absolute Gasteiger partial charge is 0.128 e. The monoisotopic (exact) mass is 337 g/mol. The van der Waals surface area contributed by atoms with Gasteiger partial charge in [-0.25, -0.2) is 9.37 Å². The molecule has 1 aromatic carbocycles. The van der Waals surface area contributed by atoms with Crippen LogP contribution < -0.4 is 11.1 Å². The van der Waals surface area contributed by atoms with Crippen LogP contribution in [0.2, 0.25) is 0 Å². The molecule has 1 unspecified atom stereocenters. The van der Waals surface area contributed by atoms with Crippen LogP contribution in [-0.4, -0.2) is 11.5 Å². The highest BCUT2D eigenvalue weighted by atomic mass is 79.9. The minimum atomic E-state index is -0.278. The van der Waals surface area contributed by atoms with Crippen molar-refractivity contribution in [2.75, 3.05) is 12.3 Å². The summed E-state index contributed by atoms with van der Waals surface area (Å²) in [5, 5.41) is 3.39. The summed E-state index contributed by atoms with van der Waals surface area (Å²) in [6, 6.07) is 8.42. The molecule has 3 nitrogen and oxygen atoms in total. The average Bonchev–Trinajstić information content (AvgIpc) is 2.40. The standard InChI is InChI=1S/C15H17BrFN3/c1-2-5-19-14(13-4-3-6-20-15(13)18)10-7-11(16)9-12(17)8-10/h3-4,6-9,14,19H,2,5H2,1H3,(H2,18,20). The Morgan fingerprint density at radius 1 is 1.40 bits per heavy atom. The molecule has 0 aliphatic rings. The first-order valence-corrected chi connectivity index (χ1v) is 7.31. The van der Waals surface area contributed by atoms with E-state index in [-0.39, 0.29) is 11.9 Å². The second-order valence-electron chi connectivity index (χ2n) is 4.57. The molecule has 1 atom stereocenters. The number of hydrogen-bond donors (Lipinski definition) is 2. The first-order valence-electron chi connectivity index (χ1n) is 6.51. The lowest BCUT2D eigenvalue weighted by Crippen LogP contribution is -2.24. The second-order valence-corrected chi connectivity index (χ2v) is 5.48. The van der Waals surface area contributed by atoms with Crippen LogP contribution in [0.4, 0.5) is 10.2 Å². The summed E-state index contributed by atoms with van der Waals surface area (Å²) in [6.45, 7) is 2.89. The summed E-state index contributed by atoms with van der Waals surface area (Å²) < 4.78 is 14.3. The summed E-state index contributed by atoms with van der Waals surface area (Å²) in [5.41, 5.74) is 7.63. The molecule has 5 heteroatoms. The molecule has 0 saturated carbocycles. The van der Waals surface area contributed by atoms with Crippen LogP contribution in [0.25, 0.3) is 0 Å². The lowest BCUT2D eigenvalue weighted by atomic mass is 9.99. The second kappa shape index (κ2) is 6.81. The number of aromatic nitrogens is 1. The van der Waals surface area contributed by atoms with Gasteiger partial charge in [-0.05, 0) is 42.8 Å². The average molecular weight is 338 g/mol. The molecule has 20 heavy (non-hydrogen) atoms. The molecule has 0 spiro atoms. The SMILES string of the molecule is CCCNC(c1cc(F)cc(Br)c1)c1cccnc1N. The van der Waals surface area contributed by atoms with Crippen molar-refractivity contribution in [2.45, 2.75) is 19.4 Å². The largest absolute Gasteiger partial charge is 0.383 e. The Kier molecular flexibility index (Phi) is 5.09. The quantitative estimate of drug-likeness (QED) is 0.875. The third kappa shape index (κ3) is 3.55. The molecule has 0 aliphatic heterocycles. The molecule has 0 radical (unpaired) electrons. The van der Waals surface area contributed by atoms with E-state index in [0.717, 1.165) is 24.1 Å². The van der Waals surface area contributed by atoms with E-state index in [1.807, 2.05) is 18.2 Å². The lowest BCUT2D eigenvalue weighted by Gasteiger charge is -2.21. The van der Waals surface area contributed by atoms with Gasteiger partial charge in [0, 0.05) is 16.2 Å². The first kappa shape index (κ1) is 14.9. The summed E-state index contributed by atoms with van der Waals surface area (Å²) in [7, 11) is 0. The summed E-state index contributed by atoms with van der Waals surface area (Å²) >= 11 is 3.33. The van der Waals surface area contributed by atoms with Gasteiger partial charge < -0.3 is 11.1 Å². The van der Waals surface area contributed by atoms with Crippen LogP contribution in [0.15, 0.2) is 41.0 Å².